The van der Waals surface area contributed by atoms with Crippen LogP contribution in [0.1, 0.15) is 26.3 Å². The molecule has 4 nitrogen and oxygen atoms in total. The predicted molar refractivity (Wildman–Crippen MR) is 79.1 cm³/mol. The van der Waals surface area contributed by atoms with Crippen molar-refractivity contribution in [3.63, 3.8) is 0 Å². The molecule has 19 heavy (non-hydrogen) atoms. The predicted octanol–water partition coefficient (Wildman–Crippen LogP) is 2.92. The van der Waals surface area contributed by atoms with Crippen LogP contribution >= 0.6 is 15.9 Å². The summed E-state index contributed by atoms with van der Waals surface area (Å²) in [5.74, 6) is -0.272. The maximum absolute atomic E-state index is 12.0. The van der Waals surface area contributed by atoms with Gasteiger partial charge in [0.1, 0.15) is 5.75 Å². The van der Waals surface area contributed by atoms with Gasteiger partial charge in [0.25, 0.3) is 0 Å². The number of ether oxygens (including phenoxy) is 1. The SMILES string of the molecule is CCOC(=O)C(C)(N=Cc1ccccc1O)C(C)Br. The van der Waals surface area contributed by atoms with E-state index in [1.165, 1.54) is 6.21 Å². The summed E-state index contributed by atoms with van der Waals surface area (Å²) >= 11 is 3.38. The highest BCUT2D eigenvalue weighted by Gasteiger charge is 2.38. The molecule has 0 fully saturated rings. The van der Waals surface area contributed by atoms with Gasteiger partial charge in [0, 0.05) is 16.6 Å². The van der Waals surface area contributed by atoms with Gasteiger partial charge in [-0.1, -0.05) is 28.1 Å². The van der Waals surface area contributed by atoms with Gasteiger partial charge in [-0.05, 0) is 32.9 Å². The first-order chi connectivity index (χ1) is 8.91. The number of hydrogen-bond acceptors (Lipinski definition) is 4. The van der Waals surface area contributed by atoms with Crippen LogP contribution in [0, 0.1) is 0 Å². The van der Waals surface area contributed by atoms with Crippen molar-refractivity contribution in [1.29, 1.82) is 0 Å². The minimum atomic E-state index is -1.03. The van der Waals surface area contributed by atoms with Crippen molar-refractivity contribution in [2.45, 2.75) is 31.1 Å². The van der Waals surface area contributed by atoms with Crippen LogP contribution in [-0.4, -0.2) is 34.3 Å². The number of hydrogen-bond donors (Lipinski definition) is 1. The second kappa shape index (κ2) is 6.70. The van der Waals surface area contributed by atoms with Crippen molar-refractivity contribution in [3.8, 4) is 5.75 Å². The first kappa shape index (κ1) is 15.7. The topological polar surface area (TPSA) is 58.9 Å². The van der Waals surface area contributed by atoms with Crippen LogP contribution in [0.3, 0.4) is 0 Å². The third-order valence-electron chi connectivity index (χ3n) is 2.87. The second-order valence-electron chi connectivity index (χ2n) is 4.30. The Morgan fingerprint density at radius 3 is 2.74 bits per heavy atom. The fraction of sp³-hybridized carbons (Fsp3) is 0.429. The number of esters is 1. The molecule has 1 rings (SSSR count). The smallest absolute Gasteiger partial charge is 0.334 e. The number of benzene rings is 1. The molecule has 0 saturated heterocycles. The molecule has 0 radical (unpaired) electrons. The Kier molecular flexibility index (Phi) is 5.54. The number of rotatable bonds is 5. The normalized spacial score (nSPS) is 16.0. The minimum Gasteiger partial charge on any atom is -0.507 e. The van der Waals surface area contributed by atoms with Crippen molar-refractivity contribution in [1.82, 2.24) is 0 Å². The van der Waals surface area contributed by atoms with Crippen molar-refractivity contribution >= 4 is 28.1 Å². The summed E-state index contributed by atoms with van der Waals surface area (Å²) in [4.78, 5) is 16.1. The Labute approximate surface area is 121 Å². The first-order valence-corrected chi connectivity index (χ1v) is 6.98. The Balaban J connectivity index is 3.03. The van der Waals surface area contributed by atoms with Gasteiger partial charge in [0.05, 0.1) is 6.61 Å². The van der Waals surface area contributed by atoms with Gasteiger partial charge in [-0.25, -0.2) is 4.79 Å². The van der Waals surface area contributed by atoms with E-state index in [9.17, 15) is 9.90 Å². The molecule has 2 atom stereocenters. The molecule has 0 aliphatic heterocycles. The first-order valence-electron chi connectivity index (χ1n) is 6.06. The van der Waals surface area contributed by atoms with Gasteiger partial charge in [0.2, 0.25) is 0 Å². The third-order valence-corrected chi connectivity index (χ3v) is 3.76. The van der Waals surface area contributed by atoms with Crippen molar-refractivity contribution < 1.29 is 14.6 Å². The number of para-hydroxylation sites is 1. The fourth-order valence-corrected chi connectivity index (χ4v) is 1.70. The largest absolute Gasteiger partial charge is 0.507 e. The molecule has 0 aliphatic rings. The highest BCUT2D eigenvalue weighted by molar-refractivity contribution is 9.09. The molecule has 0 aliphatic carbocycles. The molecule has 5 heteroatoms. The monoisotopic (exact) mass is 327 g/mol. The zero-order valence-electron chi connectivity index (χ0n) is 11.3. The number of phenolic OH excluding ortho intramolecular Hbond substituents is 1. The van der Waals surface area contributed by atoms with E-state index in [4.69, 9.17) is 4.74 Å². The Morgan fingerprint density at radius 1 is 1.58 bits per heavy atom. The number of halogens is 1. The Hall–Kier alpha value is -1.36. The van der Waals surface area contributed by atoms with E-state index in [1.807, 2.05) is 6.92 Å². The lowest BCUT2D eigenvalue weighted by Crippen LogP contribution is -2.42. The number of phenols is 1. The summed E-state index contributed by atoms with van der Waals surface area (Å²) in [5.41, 5.74) is -0.468. The van der Waals surface area contributed by atoms with Gasteiger partial charge in [-0.3, -0.25) is 4.99 Å². The number of nitrogens with zero attached hydrogens (tertiary/aromatic N) is 1. The summed E-state index contributed by atoms with van der Waals surface area (Å²) in [7, 11) is 0. The summed E-state index contributed by atoms with van der Waals surface area (Å²) in [6.07, 6.45) is 1.49. The maximum atomic E-state index is 12.0. The van der Waals surface area contributed by atoms with Crippen LogP contribution in [0.4, 0.5) is 0 Å². The number of alkyl halides is 1. The number of aromatic hydroxyl groups is 1. The van der Waals surface area contributed by atoms with Crippen molar-refractivity contribution in [2.75, 3.05) is 6.61 Å². The molecule has 104 valence electrons. The van der Waals surface area contributed by atoms with Crippen LogP contribution < -0.4 is 0 Å². The molecule has 0 heterocycles. The summed E-state index contributed by atoms with van der Waals surface area (Å²) in [5, 5.41) is 9.67. The van der Waals surface area contributed by atoms with Crippen LogP contribution in [0.15, 0.2) is 29.3 Å². The molecule has 0 amide bonds. The average Bonchev–Trinajstić information content (AvgIpc) is 2.37. The van der Waals surface area contributed by atoms with Gasteiger partial charge < -0.3 is 9.84 Å². The number of aliphatic imine (C=N–C) groups is 1. The van der Waals surface area contributed by atoms with Gasteiger partial charge >= 0.3 is 5.97 Å². The Bertz CT molecular complexity index is 474. The zero-order chi connectivity index (χ0) is 14.5. The second-order valence-corrected chi connectivity index (χ2v) is 5.67. The van der Waals surface area contributed by atoms with E-state index >= 15 is 0 Å². The summed E-state index contributed by atoms with van der Waals surface area (Å²) < 4.78 is 5.04. The summed E-state index contributed by atoms with van der Waals surface area (Å²) in [6.45, 7) is 5.59. The lowest BCUT2D eigenvalue weighted by atomic mass is 10.00. The molecular weight excluding hydrogens is 310 g/mol. The number of carbonyl (C=O) groups is 1. The van der Waals surface area contributed by atoms with E-state index in [0.717, 1.165) is 0 Å². The lowest BCUT2D eigenvalue weighted by molar-refractivity contribution is -0.148. The van der Waals surface area contributed by atoms with E-state index in [1.54, 1.807) is 38.1 Å². The third kappa shape index (κ3) is 3.80. The van der Waals surface area contributed by atoms with E-state index in [2.05, 4.69) is 20.9 Å². The highest BCUT2D eigenvalue weighted by Crippen LogP contribution is 2.25. The van der Waals surface area contributed by atoms with Gasteiger partial charge in [-0.2, -0.15) is 0 Å². The van der Waals surface area contributed by atoms with Gasteiger partial charge in [-0.15, -0.1) is 0 Å². The molecule has 0 bridgehead atoms. The molecule has 2 unspecified atom stereocenters. The molecule has 0 aromatic heterocycles. The van der Waals surface area contributed by atoms with Crippen molar-refractivity contribution in [3.05, 3.63) is 29.8 Å². The molecule has 0 saturated carbocycles. The van der Waals surface area contributed by atoms with Crippen LogP contribution in [0.5, 0.6) is 5.75 Å². The van der Waals surface area contributed by atoms with Crippen LogP contribution in [0.25, 0.3) is 0 Å². The number of carbonyl (C=O) groups excluding carboxylic acids is 1. The van der Waals surface area contributed by atoms with Crippen LogP contribution in [0.2, 0.25) is 0 Å². The Morgan fingerprint density at radius 2 is 2.21 bits per heavy atom. The quantitative estimate of drug-likeness (QED) is 0.514. The minimum absolute atomic E-state index is 0.125. The molecule has 1 N–H and O–H groups in total. The van der Waals surface area contributed by atoms with E-state index in [-0.39, 0.29) is 10.6 Å². The average molecular weight is 328 g/mol. The van der Waals surface area contributed by atoms with Gasteiger partial charge in [0.15, 0.2) is 5.54 Å². The lowest BCUT2D eigenvalue weighted by Gasteiger charge is -2.25. The zero-order valence-corrected chi connectivity index (χ0v) is 12.8. The molecule has 1 aromatic carbocycles. The fourth-order valence-electron chi connectivity index (χ4n) is 1.40. The maximum Gasteiger partial charge on any atom is 0.334 e. The summed E-state index contributed by atoms with van der Waals surface area (Å²) in [6, 6.07) is 6.81. The van der Waals surface area contributed by atoms with E-state index in [0.29, 0.717) is 12.2 Å². The molecule has 0 spiro atoms. The highest BCUT2D eigenvalue weighted by atomic mass is 79.9. The van der Waals surface area contributed by atoms with Crippen molar-refractivity contribution in [2.24, 2.45) is 4.99 Å². The standard InChI is InChI=1S/C14H18BrNO3/c1-4-19-13(18)14(3,10(2)15)16-9-11-7-5-6-8-12(11)17/h5-10,17H,4H2,1-3H3. The molecule has 1 aromatic rings. The molecular formula is C14H18BrNO3. The van der Waals surface area contributed by atoms with Crippen LogP contribution in [-0.2, 0) is 9.53 Å². The van der Waals surface area contributed by atoms with E-state index < -0.39 is 11.5 Å².